The molecule has 2 aromatic carbocycles. The number of para-hydroxylation sites is 1. The molecule has 1 aliphatic carbocycles. The Kier molecular flexibility index (Phi) is 11.5. The number of carbonyl (C=O) groups excluding carboxylic acids is 6. The number of rotatable bonds is 13. The second kappa shape index (κ2) is 16.6. The molecule has 14 nitrogen and oxygen atoms in total. The Labute approximate surface area is 349 Å². The smallest absolute Gasteiger partial charge is 0.355 e. The van der Waals surface area contributed by atoms with Gasteiger partial charge < -0.3 is 19.5 Å². The minimum atomic E-state index is -4.48. The maximum Gasteiger partial charge on any atom is 0.355 e. The summed E-state index contributed by atoms with van der Waals surface area (Å²) < 4.78 is 42.3. The van der Waals surface area contributed by atoms with E-state index in [9.17, 15) is 33.3 Å². The van der Waals surface area contributed by atoms with Gasteiger partial charge in [-0.3, -0.25) is 43.2 Å². The molecule has 3 aliphatic heterocycles. The highest BCUT2D eigenvalue weighted by atomic mass is 32.1. The number of nitrogens with one attached hydrogen (secondary N) is 2. The van der Waals surface area contributed by atoms with Gasteiger partial charge in [0.25, 0.3) is 11.8 Å². The van der Waals surface area contributed by atoms with Crippen LogP contribution in [0.15, 0.2) is 79.1 Å². The Hall–Kier alpha value is -5.31. The first kappa shape index (κ1) is 41.4. The zero-order valence-electron chi connectivity index (χ0n) is 33.1. The van der Waals surface area contributed by atoms with Crippen LogP contribution in [0.2, 0.25) is 0 Å². The van der Waals surface area contributed by atoms with Gasteiger partial charge >= 0.3 is 13.5 Å². The summed E-state index contributed by atoms with van der Waals surface area (Å²) in [5, 5.41) is 5.92. The van der Waals surface area contributed by atoms with Crippen LogP contribution in [-0.2, 0) is 33.3 Å². The number of alkyl halides is 1. The molecular formula is C43H45FN5O9PS. The molecule has 4 amide bonds. The van der Waals surface area contributed by atoms with Gasteiger partial charge in [-0.05, 0) is 111 Å². The molecule has 8 rings (SSSR count). The molecule has 7 atom stereocenters. The minimum absolute atomic E-state index is 0.0132. The predicted octanol–water partition coefficient (Wildman–Crippen LogP) is 6.36. The molecule has 4 aromatic rings. The normalized spacial score (nSPS) is 24.1. The van der Waals surface area contributed by atoms with Crippen molar-refractivity contribution in [2.45, 2.75) is 107 Å². The van der Waals surface area contributed by atoms with Gasteiger partial charge in [-0.2, -0.15) is 0 Å². The fourth-order valence-electron chi connectivity index (χ4n) is 8.64. The maximum atomic E-state index is 16.5. The van der Waals surface area contributed by atoms with Crippen LogP contribution < -0.4 is 14.9 Å². The van der Waals surface area contributed by atoms with Crippen molar-refractivity contribution in [3.05, 3.63) is 95.1 Å². The highest BCUT2D eigenvalue weighted by molar-refractivity contribution is 7.57. The van der Waals surface area contributed by atoms with Gasteiger partial charge in [-0.1, -0.05) is 37.3 Å². The molecule has 1 spiro atoms. The number of aromatic nitrogens is 1. The van der Waals surface area contributed by atoms with Crippen molar-refractivity contribution >= 4 is 64.3 Å². The van der Waals surface area contributed by atoms with E-state index in [1.165, 1.54) is 42.3 Å². The number of amides is 4. The third-order valence-electron chi connectivity index (χ3n) is 11.8. The average Bonchev–Trinajstić information content (AvgIpc) is 3.70. The lowest BCUT2D eigenvalue weighted by molar-refractivity contribution is -0.153. The summed E-state index contributed by atoms with van der Waals surface area (Å²) in [7, 11) is -4.48. The number of imide groups is 1. The molecule has 0 bridgehead atoms. The molecular weight excluding hydrogens is 813 g/mol. The third kappa shape index (κ3) is 7.65. The summed E-state index contributed by atoms with van der Waals surface area (Å²) >= 11 is 1.13. The molecule has 314 valence electrons. The Morgan fingerprint density at radius 3 is 2.50 bits per heavy atom. The molecule has 5 heterocycles. The number of ether oxygens (including phenoxy) is 1. The maximum absolute atomic E-state index is 16.5. The van der Waals surface area contributed by atoms with Crippen molar-refractivity contribution in [1.82, 2.24) is 25.2 Å². The molecule has 17 heteroatoms. The molecule has 4 fully saturated rings. The SMILES string of the molecule is CCCOC(=O)[C@H](C)NP(=O)(Oc1ccccc1)[C@@H](F)c1ccc2sc(C(=O)N[C@H]3CCC[C@H]4CC[C@@H](C(=O)N5C(=O)C(c6cccnc6)C(=O)C56CC6)N4C3=O)cc2c1. The lowest BCUT2D eigenvalue weighted by atomic mass is 9.95. The number of halogens is 1. The molecule has 60 heavy (non-hydrogen) atoms. The fraction of sp³-hybridized carbons (Fsp3) is 0.419. The van der Waals surface area contributed by atoms with Crippen LogP contribution in [0.3, 0.4) is 0 Å². The van der Waals surface area contributed by atoms with Crippen molar-refractivity contribution < 1.29 is 47.0 Å². The Morgan fingerprint density at radius 2 is 1.78 bits per heavy atom. The van der Waals surface area contributed by atoms with Gasteiger partial charge in [0.2, 0.25) is 17.7 Å². The fourth-order valence-corrected chi connectivity index (χ4v) is 11.5. The van der Waals surface area contributed by atoms with Crippen LogP contribution >= 0.6 is 18.9 Å². The molecule has 1 saturated carbocycles. The van der Waals surface area contributed by atoms with Gasteiger partial charge in [0.1, 0.15) is 35.3 Å². The van der Waals surface area contributed by atoms with E-state index in [1.807, 2.05) is 6.92 Å². The highest BCUT2D eigenvalue weighted by Gasteiger charge is 2.68. The van der Waals surface area contributed by atoms with Crippen molar-refractivity contribution in [2.75, 3.05) is 6.61 Å². The van der Waals surface area contributed by atoms with E-state index in [4.69, 9.17) is 9.26 Å². The predicted molar refractivity (Wildman–Crippen MR) is 219 cm³/mol. The number of ketones is 1. The summed E-state index contributed by atoms with van der Waals surface area (Å²) in [5.74, 6) is -6.37. The van der Waals surface area contributed by atoms with Crippen molar-refractivity contribution in [2.24, 2.45) is 0 Å². The van der Waals surface area contributed by atoms with Crippen molar-refractivity contribution in [1.29, 1.82) is 0 Å². The Bertz CT molecular complexity index is 2390. The topological polar surface area (TPSA) is 181 Å². The molecule has 2 unspecified atom stereocenters. The zero-order valence-corrected chi connectivity index (χ0v) is 34.8. The van der Waals surface area contributed by atoms with E-state index in [0.29, 0.717) is 67.0 Å². The number of Topliss-reactive ketones (excluding diaryl/α,β-unsaturated/α-hetero) is 1. The lowest BCUT2D eigenvalue weighted by Crippen LogP contribution is -2.57. The van der Waals surface area contributed by atoms with Gasteiger partial charge in [0.15, 0.2) is 5.78 Å². The lowest BCUT2D eigenvalue weighted by Gasteiger charge is -2.33. The standard InChI is InChI=1S/C43H45FN5O9PS/c1-3-21-57-42(55)25(2)47-59(56,58-30-11-5-4-6-12-30)37(44)26-14-17-33-28(22-26)23-34(60-33)38(51)46-31-13-7-10-29-15-16-32(48(29)39(31)52)40(53)49-41(54)35(27-9-8-20-45-24-27)36(50)43(49)18-19-43/h4-6,8-9,11-12,14,17,20,22-25,29,31-32,35,37H,3,7,10,13,15-16,18-19,21H2,1-2H3,(H,46,51)(H,47,56)/t25-,29-,31-,32-,35?,37+,59?/m0/s1. The minimum Gasteiger partial charge on any atom is -0.465 e. The van der Waals surface area contributed by atoms with E-state index >= 15 is 4.39 Å². The number of benzene rings is 2. The van der Waals surface area contributed by atoms with Crippen LogP contribution in [0.25, 0.3) is 10.1 Å². The van der Waals surface area contributed by atoms with Crippen LogP contribution in [0.5, 0.6) is 5.75 Å². The number of thiophene rings is 1. The number of hydrogen-bond acceptors (Lipinski definition) is 11. The van der Waals surface area contributed by atoms with Gasteiger partial charge in [0.05, 0.1) is 11.5 Å². The average molecular weight is 858 g/mol. The molecule has 2 aromatic heterocycles. The number of nitrogens with zero attached hydrogens (tertiary/aromatic N) is 3. The third-order valence-corrected chi connectivity index (χ3v) is 15.0. The number of esters is 1. The first-order chi connectivity index (χ1) is 28.8. The van der Waals surface area contributed by atoms with E-state index in [2.05, 4.69) is 15.4 Å². The number of likely N-dealkylation sites (tertiary alicyclic amines) is 1. The quantitative estimate of drug-likeness (QED) is 0.0661. The first-order valence-corrected chi connectivity index (χ1v) is 22.8. The zero-order chi connectivity index (χ0) is 42.3. The Balaban J connectivity index is 0.987. The summed E-state index contributed by atoms with van der Waals surface area (Å²) in [6.45, 7) is 3.39. The highest BCUT2D eigenvalue weighted by Crippen LogP contribution is 2.58. The van der Waals surface area contributed by atoms with Crippen LogP contribution in [0, 0.1) is 0 Å². The van der Waals surface area contributed by atoms with Crippen molar-refractivity contribution in [3.63, 3.8) is 0 Å². The summed E-state index contributed by atoms with van der Waals surface area (Å²) in [5.41, 5.74) is -0.790. The summed E-state index contributed by atoms with van der Waals surface area (Å²) in [4.78, 5) is 89.4. The summed E-state index contributed by atoms with van der Waals surface area (Å²) in [6, 6.07) is 14.1. The number of fused-ring (bicyclic) bond motifs is 2. The molecule has 2 N–H and O–H groups in total. The molecule has 4 aliphatic rings. The monoisotopic (exact) mass is 857 g/mol. The van der Waals surface area contributed by atoms with Crippen LogP contribution in [0.1, 0.15) is 97.8 Å². The van der Waals surface area contributed by atoms with Crippen molar-refractivity contribution in [3.8, 4) is 5.75 Å². The first-order valence-electron chi connectivity index (χ1n) is 20.3. The second-order valence-corrected chi connectivity index (χ2v) is 19.0. The van der Waals surface area contributed by atoms with E-state index in [1.54, 1.807) is 48.7 Å². The van der Waals surface area contributed by atoms with Gasteiger partial charge in [-0.25, -0.2) is 9.48 Å². The number of hydrogen-bond donors (Lipinski definition) is 2. The Morgan fingerprint density at radius 1 is 1.00 bits per heavy atom. The van der Waals surface area contributed by atoms with E-state index in [-0.39, 0.29) is 34.6 Å². The van der Waals surface area contributed by atoms with E-state index < -0.39 is 72.6 Å². The molecule has 0 radical (unpaired) electrons. The van der Waals surface area contributed by atoms with E-state index in [0.717, 1.165) is 16.2 Å². The van der Waals surface area contributed by atoms with Gasteiger partial charge in [0, 0.05) is 23.1 Å². The number of pyridine rings is 1. The summed E-state index contributed by atoms with van der Waals surface area (Å²) in [6.07, 6.45) is 6.75. The molecule has 3 saturated heterocycles. The second-order valence-electron chi connectivity index (χ2n) is 15.8. The number of carbonyl (C=O) groups is 6. The van der Waals surface area contributed by atoms with Gasteiger partial charge in [-0.15, -0.1) is 11.3 Å². The largest absolute Gasteiger partial charge is 0.465 e. The van der Waals surface area contributed by atoms with Crippen LogP contribution in [0.4, 0.5) is 4.39 Å². The van der Waals surface area contributed by atoms with Crippen LogP contribution in [-0.4, -0.2) is 86.5 Å².